The number of aryl methyl sites for hydroxylation is 3. The van der Waals surface area contributed by atoms with Crippen molar-refractivity contribution >= 4 is 79.9 Å². The molecule has 36 heteroatoms. The summed E-state index contributed by atoms with van der Waals surface area (Å²) in [7, 11) is 16.2. The third-order valence-electron chi connectivity index (χ3n) is 18.0. The van der Waals surface area contributed by atoms with Gasteiger partial charge in [-0.25, -0.2) is 37.3 Å². The third-order valence-corrected chi connectivity index (χ3v) is 18.0. The van der Waals surface area contributed by atoms with E-state index in [-0.39, 0.29) is 153 Å². The number of hydrogen-bond donors (Lipinski definition) is 5. The number of carbonyl (C=O) groups is 6. The van der Waals surface area contributed by atoms with Crippen molar-refractivity contribution in [3.8, 4) is 12.1 Å². The van der Waals surface area contributed by atoms with Crippen LogP contribution in [-0.4, -0.2) is 245 Å². The fraction of sp³-hybridized carbons (Fsp3) is 0.523. The standard InChI is InChI=1S/C23H31FN4O2.C23H29FN4O.C20H29N3O3.C8H8FNO.C4H6O4.C4H10O.C2H3BO2.CH2Cl2.CH4.ClH.K.Na.H2O/c1-27(2)15-20-16-28(9-4-5-17-11-21(24)14-26-13-17)10-8-23(20,30)19-7-3-6-18(12-19)22(25)29;1-27(2)16-21-17-28(9-4-6-19-12-22(24)15-26-14-19)10-8-23(21,29)20-7-3-5-18(11-20)13-25;1-19(2,3)26-18(24)23-10-9-20(25,17(14-23)13-22(4)5)16-8-6-7-15(11-16)12-21;9-8-4-7(2-1-3-11)5-10-6-8;1-3(5)7-8-4(2)6;1-4(2,3)5;1-2(4)5-3;2-1-3;;;;;/h3,6-7,11-14,20,30H,4-5,8-10,15-16H2,1-2H3,(H2,25,29);3,5,7,11-12,14-15,21,29H,4,6,8-10,16-17H2,1-2H3;6-8,11,17,25H,9-10,13-14H2,1-5H3;3-6H,1-2H2;1-2H3;5H,1-3H3;1H3;1H2;1H4;1H;;;1H2/q;;;;;;-1;;;;2*+1;/p-1/t20-,23-;21-,23-;17-,20-;;;;;;;;;;/m000........../s1. The number of pyridine rings is 3. The second-order valence-electron chi connectivity index (χ2n) is 31.2. The van der Waals surface area contributed by atoms with E-state index in [4.69, 9.17) is 44.0 Å². The van der Waals surface area contributed by atoms with Gasteiger partial charge in [-0.3, -0.25) is 24.5 Å². The van der Waals surface area contributed by atoms with Crippen LogP contribution in [0.2, 0.25) is 0 Å². The number of carbonyl (C=O) groups excluding carboxylic acids is 6. The number of likely N-dealkylation sites (tertiary alicyclic amines) is 3. The summed E-state index contributed by atoms with van der Waals surface area (Å²) in [5.74, 6) is -3.35. The summed E-state index contributed by atoms with van der Waals surface area (Å²) < 4.78 is 48.2. The molecule has 6 aromatic rings. The van der Waals surface area contributed by atoms with Crippen molar-refractivity contribution in [2.24, 2.45) is 23.5 Å². The minimum atomic E-state index is -1.09. The number of nitrogens with zero attached hydrogens (tertiary/aromatic N) is 11. The Labute approximate surface area is 801 Å². The monoisotopic (exact) mass is 1800 g/mol. The zero-order valence-corrected chi connectivity index (χ0v) is 80.4. The smallest absolute Gasteiger partial charge is 0.870 e. The number of amides is 2. The van der Waals surface area contributed by atoms with Crippen molar-refractivity contribution in [1.29, 1.82) is 10.5 Å². The van der Waals surface area contributed by atoms with E-state index in [1.165, 1.54) is 31.5 Å². The summed E-state index contributed by atoms with van der Waals surface area (Å²) in [6.07, 6.45) is 15.0. The number of aromatic nitrogens is 3. The number of primary amides is 1. The van der Waals surface area contributed by atoms with Crippen LogP contribution in [0.4, 0.5) is 18.0 Å². The number of piperidine rings is 3. The number of aldehydes is 1. The number of hydrogen-bond acceptors (Lipinski definition) is 25. The molecular formula is C86H124BCl3F3KN12NaO15. The maximum Gasteiger partial charge on any atom is 1.00 e. The summed E-state index contributed by atoms with van der Waals surface area (Å²) in [4.78, 5) is 94.9. The van der Waals surface area contributed by atoms with Crippen LogP contribution in [0.5, 0.6) is 0 Å². The van der Waals surface area contributed by atoms with Gasteiger partial charge in [-0.05, 0) is 236 Å². The molecule has 3 saturated heterocycles. The maximum absolute atomic E-state index is 13.3. The Morgan fingerprint density at radius 3 is 1.23 bits per heavy atom. The Hall–Kier alpha value is -6.13. The molecular weight excluding hydrogens is 1680 g/mol. The van der Waals surface area contributed by atoms with Crippen LogP contribution in [-0.2, 0) is 74.4 Å². The second kappa shape index (κ2) is 62.9. The van der Waals surface area contributed by atoms with Crippen molar-refractivity contribution in [2.75, 3.05) is 120 Å². The average Bonchev–Trinajstić information content (AvgIpc) is 0.784. The minimum Gasteiger partial charge on any atom is -0.870 e. The third kappa shape index (κ3) is 49.1. The van der Waals surface area contributed by atoms with Crippen molar-refractivity contribution in [2.45, 2.75) is 156 Å². The van der Waals surface area contributed by atoms with Gasteiger partial charge >= 0.3 is 99.0 Å². The molecule has 27 nitrogen and oxygen atoms in total. The van der Waals surface area contributed by atoms with Crippen LogP contribution < -0.4 is 86.7 Å². The van der Waals surface area contributed by atoms with Crippen molar-refractivity contribution in [1.82, 2.24) is 44.4 Å². The number of aliphatic hydroxyl groups is 4. The van der Waals surface area contributed by atoms with E-state index in [9.17, 15) is 62.5 Å². The van der Waals surface area contributed by atoms with E-state index >= 15 is 0 Å². The summed E-state index contributed by atoms with van der Waals surface area (Å²) in [5.41, 5.74) is 7.73. The Morgan fingerprint density at radius 2 is 0.926 bits per heavy atom. The van der Waals surface area contributed by atoms with E-state index in [0.29, 0.717) is 68.4 Å². The normalized spacial score (nSPS) is 18.2. The second-order valence-corrected chi connectivity index (χ2v) is 32.0. The largest absolute Gasteiger partial charge is 1.00 e. The van der Waals surface area contributed by atoms with Crippen LogP contribution in [0.15, 0.2) is 128 Å². The van der Waals surface area contributed by atoms with Gasteiger partial charge in [0.15, 0.2) is 0 Å². The summed E-state index contributed by atoms with van der Waals surface area (Å²) >= 11 is 9.53. The molecule has 665 valence electrons. The van der Waals surface area contributed by atoms with Crippen LogP contribution in [0.25, 0.3) is 0 Å². The van der Waals surface area contributed by atoms with Gasteiger partial charge in [0, 0.05) is 128 Å². The van der Waals surface area contributed by atoms with E-state index in [1.54, 1.807) is 92.8 Å². The van der Waals surface area contributed by atoms with Gasteiger partial charge in [-0.1, -0.05) is 43.8 Å². The van der Waals surface area contributed by atoms with Crippen LogP contribution in [0, 0.1) is 57.9 Å². The number of rotatable bonds is 21. The zero-order valence-electron chi connectivity index (χ0n) is 73.0. The zero-order chi connectivity index (χ0) is 88.3. The molecule has 3 aliphatic heterocycles. The van der Waals surface area contributed by atoms with Crippen LogP contribution >= 0.6 is 35.6 Å². The molecule has 0 bridgehead atoms. The molecule has 3 aliphatic rings. The number of nitrogens with two attached hydrogens (primary N) is 1. The van der Waals surface area contributed by atoms with E-state index in [0.717, 1.165) is 138 Å². The first kappa shape index (κ1) is 122. The summed E-state index contributed by atoms with van der Waals surface area (Å²) in [6, 6.07) is 30.3. The quantitative estimate of drug-likeness (QED) is 0.0196. The van der Waals surface area contributed by atoms with Crippen molar-refractivity contribution < 1.29 is 168 Å². The molecule has 7 N–H and O–H groups in total. The van der Waals surface area contributed by atoms with E-state index in [1.807, 2.05) is 98.3 Å². The predicted octanol–water partition coefficient (Wildman–Crippen LogP) is 5.48. The van der Waals surface area contributed by atoms with Gasteiger partial charge in [0.25, 0.3) is 0 Å². The number of benzene rings is 3. The number of alkyl halides is 2. The molecule has 3 aromatic carbocycles. The molecule has 0 aliphatic carbocycles. The molecule has 0 unspecified atom stereocenters. The van der Waals surface area contributed by atoms with Crippen molar-refractivity contribution in [3.63, 3.8) is 0 Å². The predicted molar refractivity (Wildman–Crippen MR) is 459 cm³/mol. The SMILES string of the molecule is C.CC(=O)OOC(C)=O.CC(C)(C)O.CN(C)C[C@H]1CN(C(=O)OC(C)(C)C)CC[C@]1(O)c1cccc(C#N)c1.CN(C)C[C@H]1CN(CCCc2cncc(F)c2)CC[C@]1(O)c1cccc(C#N)c1.CN(C)C[C@H]1CN(CCCc2cncc(F)c2)CC[C@]1(O)c1cccc(C(N)=O)c1.Cl.ClCCl.O=CCCc1cncc(F)c1.[B-]OC(C)=O.[K+].[Na+].[OH-]. The first-order chi connectivity index (χ1) is 54.9. The minimum absolute atomic E-state index is 0. The molecule has 3 aromatic heterocycles. The summed E-state index contributed by atoms with van der Waals surface area (Å²) in [6.45, 7) is 22.0. The molecule has 6 heterocycles. The first-order valence-electron chi connectivity index (χ1n) is 38.1. The molecule has 122 heavy (non-hydrogen) atoms. The van der Waals surface area contributed by atoms with E-state index in [2.05, 4.69) is 69.2 Å². The average molecular weight is 1800 g/mol. The molecule has 0 spiro atoms. The van der Waals surface area contributed by atoms with E-state index < -0.39 is 51.8 Å². The fourth-order valence-corrected chi connectivity index (χ4v) is 13.0. The molecule has 3 radical (unpaired) electrons. The maximum atomic E-state index is 13.3. The molecule has 0 saturated carbocycles. The van der Waals surface area contributed by atoms with Crippen LogP contribution in [0.3, 0.4) is 0 Å². The van der Waals surface area contributed by atoms with Gasteiger partial charge < -0.3 is 83.3 Å². The molecule has 9 rings (SSSR count). The van der Waals surface area contributed by atoms with Crippen LogP contribution in [0.1, 0.15) is 163 Å². The first-order valence-corrected chi connectivity index (χ1v) is 39.2. The van der Waals surface area contributed by atoms with Gasteiger partial charge in [-0.15, -0.1) is 35.6 Å². The molecule has 2 amide bonds. The van der Waals surface area contributed by atoms with Gasteiger partial charge in [0.05, 0.1) is 69.6 Å². The Bertz CT molecular complexity index is 4120. The Balaban J connectivity index is -0.000000713. The van der Waals surface area contributed by atoms with Gasteiger partial charge in [-0.2, -0.15) is 10.5 Å². The van der Waals surface area contributed by atoms with Gasteiger partial charge in [0.2, 0.25) is 11.9 Å². The Morgan fingerprint density at radius 1 is 0.598 bits per heavy atom. The topological polar surface area (TPSA) is 382 Å². The molecule has 6 atom stereocenters. The Kier molecular flexibility index (Phi) is 63.0. The molecule has 3 fully saturated rings. The summed E-state index contributed by atoms with van der Waals surface area (Å²) in [5, 5.41) is 61.9. The van der Waals surface area contributed by atoms with Crippen molar-refractivity contribution in [3.05, 3.63) is 196 Å². The number of nitriles is 2. The number of halogens is 6. The van der Waals surface area contributed by atoms with Gasteiger partial charge in [0.1, 0.15) is 29.3 Å². The number of ether oxygens (including phenoxy) is 1. The fourth-order valence-electron chi connectivity index (χ4n) is 13.0.